The molecule has 0 N–H and O–H groups in total. The summed E-state index contributed by atoms with van der Waals surface area (Å²) in [4.78, 5) is 24.9. The van der Waals surface area contributed by atoms with Crippen molar-refractivity contribution in [1.29, 1.82) is 0 Å². The van der Waals surface area contributed by atoms with Gasteiger partial charge in [0.25, 0.3) is 7.82 Å². The second kappa shape index (κ2) is 37.8. The summed E-state index contributed by atoms with van der Waals surface area (Å²) in [5.74, 6) is -0.352. The number of carbonyl (C=O) groups excluding carboxylic acids is 1. The monoisotopic (exact) mass is 778 g/mol. The lowest BCUT2D eigenvalue weighted by Crippen LogP contribution is -2.37. The van der Waals surface area contributed by atoms with Crippen molar-refractivity contribution >= 4 is 13.8 Å². The molecular weight excluding hydrogens is 697 g/mol. The first kappa shape index (κ1) is 51.9. The number of esters is 1. The smallest absolute Gasteiger partial charge is 0.306 e. The highest BCUT2D eigenvalue weighted by Gasteiger charge is 2.20. The SMILES string of the molecule is CC/C=C\C/C=C\C/C=C\C/C=C\C/C=C\C/C=C\CCCCCOCC(COP(=O)([O-])OCC[N+](C)(C)C)OC(=O)CCCCCCCCCCCC. The molecule has 0 aliphatic carbocycles. The van der Waals surface area contributed by atoms with Crippen LogP contribution in [0.5, 0.6) is 0 Å². The van der Waals surface area contributed by atoms with Gasteiger partial charge in [0.1, 0.15) is 19.3 Å². The molecule has 0 saturated heterocycles. The molecule has 0 bridgehead atoms. The van der Waals surface area contributed by atoms with Crippen LogP contribution in [0.25, 0.3) is 0 Å². The summed E-state index contributed by atoms with van der Waals surface area (Å²) in [6.45, 7) is 5.17. The number of phosphoric ester groups is 1. The minimum absolute atomic E-state index is 0.0164. The van der Waals surface area contributed by atoms with Gasteiger partial charge in [-0.3, -0.25) is 9.36 Å². The number of hydrogen-bond donors (Lipinski definition) is 0. The fourth-order valence-electron chi connectivity index (χ4n) is 5.25. The Morgan fingerprint density at radius 2 is 1.07 bits per heavy atom. The zero-order chi connectivity index (χ0) is 39.9. The van der Waals surface area contributed by atoms with Crippen molar-refractivity contribution in [2.45, 2.75) is 155 Å². The number of nitrogens with zero attached hydrogens (tertiary/aromatic N) is 1. The van der Waals surface area contributed by atoms with Crippen molar-refractivity contribution in [3.8, 4) is 0 Å². The minimum Gasteiger partial charge on any atom is -0.756 e. The zero-order valence-electron chi connectivity index (χ0n) is 35.1. The van der Waals surface area contributed by atoms with Gasteiger partial charge in [-0.05, 0) is 64.2 Å². The summed E-state index contributed by atoms with van der Waals surface area (Å²) >= 11 is 0. The van der Waals surface area contributed by atoms with E-state index in [1.165, 1.54) is 44.9 Å². The van der Waals surface area contributed by atoms with E-state index in [0.717, 1.165) is 83.5 Å². The number of quaternary nitrogens is 1. The Labute approximate surface area is 332 Å². The van der Waals surface area contributed by atoms with E-state index >= 15 is 0 Å². The summed E-state index contributed by atoms with van der Waals surface area (Å²) in [6.07, 6.45) is 47.8. The third-order valence-electron chi connectivity index (χ3n) is 8.52. The molecule has 2 unspecified atom stereocenters. The number of likely N-dealkylation sites (N-methyl/N-ethyl adjacent to an activating group) is 1. The summed E-state index contributed by atoms with van der Waals surface area (Å²) in [5, 5.41) is 0. The van der Waals surface area contributed by atoms with E-state index in [2.05, 4.69) is 86.8 Å². The Balaban J connectivity index is 4.28. The van der Waals surface area contributed by atoms with Crippen molar-refractivity contribution < 1.29 is 37.3 Å². The lowest BCUT2D eigenvalue weighted by molar-refractivity contribution is -0.870. The third kappa shape index (κ3) is 41.1. The van der Waals surface area contributed by atoms with Crippen LogP contribution in [0.4, 0.5) is 0 Å². The van der Waals surface area contributed by atoms with Crippen LogP contribution >= 0.6 is 7.82 Å². The van der Waals surface area contributed by atoms with Crippen LogP contribution in [0.15, 0.2) is 72.9 Å². The first-order valence-electron chi connectivity index (χ1n) is 21.2. The predicted octanol–water partition coefficient (Wildman–Crippen LogP) is 11.7. The van der Waals surface area contributed by atoms with Gasteiger partial charge in [-0.2, -0.15) is 0 Å². The molecule has 0 aromatic rings. The molecule has 0 heterocycles. The molecule has 0 aromatic heterocycles. The van der Waals surface area contributed by atoms with Crippen LogP contribution < -0.4 is 4.89 Å². The van der Waals surface area contributed by atoms with E-state index in [1.807, 2.05) is 21.1 Å². The molecule has 9 heteroatoms. The molecule has 0 spiro atoms. The Bertz CT molecular complexity index is 1090. The van der Waals surface area contributed by atoms with E-state index in [-0.39, 0.29) is 25.8 Å². The lowest BCUT2D eigenvalue weighted by Gasteiger charge is -2.28. The summed E-state index contributed by atoms with van der Waals surface area (Å²) < 4.78 is 34.4. The molecule has 54 heavy (non-hydrogen) atoms. The Morgan fingerprint density at radius 3 is 1.59 bits per heavy atom. The van der Waals surface area contributed by atoms with Gasteiger partial charge in [-0.1, -0.05) is 151 Å². The number of phosphoric acid groups is 1. The zero-order valence-corrected chi connectivity index (χ0v) is 36.0. The number of ether oxygens (including phenoxy) is 2. The van der Waals surface area contributed by atoms with Crippen LogP contribution in [-0.4, -0.2) is 70.7 Å². The number of carbonyl (C=O) groups is 1. The van der Waals surface area contributed by atoms with Crippen LogP contribution in [-0.2, 0) is 27.9 Å². The van der Waals surface area contributed by atoms with Gasteiger partial charge < -0.3 is 27.9 Å². The summed E-state index contributed by atoms with van der Waals surface area (Å²) in [7, 11) is 1.32. The van der Waals surface area contributed by atoms with Crippen molar-refractivity contribution in [2.24, 2.45) is 0 Å². The Morgan fingerprint density at radius 1 is 0.593 bits per heavy atom. The second-order valence-corrected chi connectivity index (χ2v) is 16.4. The number of rotatable bonds is 38. The quantitative estimate of drug-likeness (QED) is 0.0202. The first-order valence-corrected chi connectivity index (χ1v) is 22.6. The number of allylic oxidation sites excluding steroid dienone is 12. The molecule has 0 fully saturated rings. The molecule has 312 valence electrons. The maximum absolute atomic E-state index is 12.6. The van der Waals surface area contributed by atoms with Gasteiger partial charge in [0.2, 0.25) is 0 Å². The molecule has 8 nitrogen and oxygen atoms in total. The maximum Gasteiger partial charge on any atom is 0.306 e. The molecule has 0 aliphatic rings. The molecule has 0 aliphatic heterocycles. The second-order valence-electron chi connectivity index (χ2n) is 15.0. The number of unbranched alkanes of at least 4 members (excludes halogenated alkanes) is 12. The van der Waals surface area contributed by atoms with Gasteiger partial charge >= 0.3 is 5.97 Å². The highest BCUT2D eigenvalue weighted by atomic mass is 31.2. The van der Waals surface area contributed by atoms with E-state index in [4.69, 9.17) is 18.5 Å². The van der Waals surface area contributed by atoms with Crippen molar-refractivity contribution in [1.82, 2.24) is 0 Å². The molecule has 0 aromatic carbocycles. The highest BCUT2D eigenvalue weighted by molar-refractivity contribution is 7.45. The van der Waals surface area contributed by atoms with Crippen LogP contribution in [0, 0.1) is 0 Å². The van der Waals surface area contributed by atoms with Gasteiger partial charge in [0.15, 0.2) is 0 Å². The summed E-state index contributed by atoms with van der Waals surface area (Å²) in [5.41, 5.74) is 0. The fraction of sp³-hybridized carbons (Fsp3) is 0.711. The van der Waals surface area contributed by atoms with Gasteiger partial charge in [-0.25, -0.2) is 0 Å². The van der Waals surface area contributed by atoms with E-state index in [0.29, 0.717) is 24.1 Å². The highest BCUT2D eigenvalue weighted by Crippen LogP contribution is 2.38. The minimum atomic E-state index is -4.53. The van der Waals surface area contributed by atoms with E-state index < -0.39 is 13.9 Å². The van der Waals surface area contributed by atoms with Gasteiger partial charge in [0.05, 0.1) is 34.4 Å². The van der Waals surface area contributed by atoms with Crippen LogP contribution in [0.2, 0.25) is 0 Å². The van der Waals surface area contributed by atoms with Crippen LogP contribution in [0.1, 0.15) is 149 Å². The standard InChI is InChI=1S/C45H80NO7P/c1-6-8-10-12-14-16-18-19-20-21-22-23-24-25-26-27-28-29-31-33-35-37-40-50-42-44(43-52-54(48,49)51-41-39-46(3,4)5)53-45(47)38-36-34-32-30-17-15-13-11-9-7-2/h8,10,14,16,19-20,22-23,25-26,28-29,44H,6-7,9,11-13,15,17-18,21,24,27,30-43H2,1-5H3/b10-8-,16-14-,20-19-,23-22-,26-25-,29-28-. The Hall–Kier alpha value is -2.06. The van der Waals surface area contributed by atoms with Crippen LogP contribution in [0.3, 0.4) is 0 Å². The number of hydrogen-bond acceptors (Lipinski definition) is 7. The van der Waals surface area contributed by atoms with Gasteiger partial charge in [-0.15, -0.1) is 0 Å². The van der Waals surface area contributed by atoms with E-state index in [9.17, 15) is 14.3 Å². The topological polar surface area (TPSA) is 94.1 Å². The third-order valence-corrected chi connectivity index (χ3v) is 9.49. The molecular formula is C45H80NO7P. The molecule has 0 saturated carbocycles. The lowest BCUT2D eigenvalue weighted by atomic mass is 10.1. The van der Waals surface area contributed by atoms with Gasteiger partial charge in [0, 0.05) is 13.0 Å². The Kier molecular flexibility index (Phi) is 36.4. The first-order chi connectivity index (χ1) is 26.1. The summed E-state index contributed by atoms with van der Waals surface area (Å²) in [6, 6.07) is 0. The van der Waals surface area contributed by atoms with Crippen molar-refractivity contribution in [2.75, 3.05) is 54.1 Å². The molecule has 0 radical (unpaired) electrons. The molecule has 0 amide bonds. The fourth-order valence-corrected chi connectivity index (χ4v) is 5.98. The average molecular weight is 778 g/mol. The predicted molar refractivity (Wildman–Crippen MR) is 226 cm³/mol. The van der Waals surface area contributed by atoms with Crippen molar-refractivity contribution in [3.63, 3.8) is 0 Å². The van der Waals surface area contributed by atoms with E-state index in [1.54, 1.807) is 0 Å². The van der Waals surface area contributed by atoms with Crippen molar-refractivity contribution in [3.05, 3.63) is 72.9 Å². The molecule has 0 rings (SSSR count). The average Bonchev–Trinajstić information content (AvgIpc) is 3.12. The molecule has 2 atom stereocenters. The largest absolute Gasteiger partial charge is 0.756 e. The normalized spacial score (nSPS) is 14.6. The maximum atomic E-state index is 12.6.